The first-order valence-electron chi connectivity index (χ1n) is 8.99. The van der Waals surface area contributed by atoms with E-state index in [-0.39, 0.29) is 5.76 Å². The van der Waals surface area contributed by atoms with Crippen LogP contribution < -0.4 is 10.1 Å². The SMILES string of the molecule is COc1ccccc1CCNC(=O)COC(=O)c1ccc(-c2ccccc2Cl)o1. The van der Waals surface area contributed by atoms with Gasteiger partial charge < -0.3 is 19.2 Å². The maximum absolute atomic E-state index is 12.1. The van der Waals surface area contributed by atoms with E-state index in [0.29, 0.717) is 29.3 Å². The molecule has 0 aliphatic heterocycles. The zero-order valence-electron chi connectivity index (χ0n) is 15.8. The minimum atomic E-state index is -0.719. The van der Waals surface area contributed by atoms with E-state index in [9.17, 15) is 9.59 Å². The number of furan rings is 1. The molecule has 0 bridgehead atoms. The Morgan fingerprint density at radius 3 is 2.59 bits per heavy atom. The molecule has 0 unspecified atom stereocenters. The van der Waals surface area contributed by atoms with E-state index in [1.54, 1.807) is 31.4 Å². The quantitative estimate of drug-likeness (QED) is 0.562. The van der Waals surface area contributed by atoms with Crippen LogP contribution in [-0.4, -0.2) is 32.1 Å². The first-order chi connectivity index (χ1) is 14.1. The Morgan fingerprint density at radius 1 is 1.03 bits per heavy atom. The summed E-state index contributed by atoms with van der Waals surface area (Å²) >= 11 is 6.13. The smallest absolute Gasteiger partial charge is 0.374 e. The highest BCUT2D eigenvalue weighted by atomic mass is 35.5. The van der Waals surface area contributed by atoms with Gasteiger partial charge in [-0.1, -0.05) is 41.9 Å². The topological polar surface area (TPSA) is 77.8 Å². The van der Waals surface area contributed by atoms with Crippen LogP contribution in [-0.2, 0) is 16.0 Å². The van der Waals surface area contributed by atoms with E-state index in [1.807, 2.05) is 30.3 Å². The van der Waals surface area contributed by atoms with Crippen LogP contribution in [0.15, 0.2) is 65.1 Å². The molecule has 3 aromatic rings. The summed E-state index contributed by atoms with van der Waals surface area (Å²) in [6.45, 7) is 0.00104. The molecule has 0 aliphatic rings. The van der Waals surface area contributed by atoms with Crippen LogP contribution in [0.4, 0.5) is 0 Å². The van der Waals surface area contributed by atoms with E-state index in [1.165, 1.54) is 6.07 Å². The molecule has 6 nitrogen and oxygen atoms in total. The van der Waals surface area contributed by atoms with E-state index >= 15 is 0 Å². The number of carbonyl (C=O) groups is 2. The van der Waals surface area contributed by atoms with Crippen molar-refractivity contribution in [1.82, 2.24) is 5.32 Å². The van der Waals surface area contributed by atoms with Gasteiger partial charge in [0.25, 0.3) is 5.91 Å². The number of carbonyl (C=O) groups excluding carboxylic acids is 2. The van der Waals surface area contributed by atoms with Gasteiger partial charge in [-0.05, 0) is 42.3 Å². The molecule has 0 spiro atoms. The second kappa shape index (κ2) is 9.80. The third-order valence-electron chi connectivity index (χ3n) is 4.19. The number of benzene rings is 2. The summed E-state index contributed by atoms with van der Waals surface area (Å²) < 4.78 is 15.8. The summed E-state index contributed by atoms with van der Waals surface area (Å²) in [5.74, 6) is 0.0974. The van der Waals surface area contributed by atoms with Crippen molar-refractivity contribution in [3.8, 4) is 17.1 Å². The average Bonchev–Trinajstić information content (AvgIpc) is 3.23. The van der Waals surface area contributed by atoms with Gasteiger partial charge in [-0.15, -0.1) is 0 Å². The number of rotatable bonds is 8. The molecule has 1 N–H and O–H groups in total. The highest BCUT2D eigenvalue weighted by Gasteiger charge is 2.16. The lowest BCUT2D eigenvalue weighted by Gasteiger charge is -2.09. The van der Waals surface area contributed by atoms with Crippen molar-refractivity contribution in [3.05, 3.63) is 77.0 Å². The monoisotopic (exact) mass is 413 g/mol. The molecule has 0 saturated carbocycles. The molecule has 1 aromatic heterocycles. The van der Waals surface area contributed by atoms with Gasteiger partial charge in [-0.25, -0.2) is 4.79 Å². The predicted molar refractivity (Wildman–Crippen MR) is 109 cm³/mol. The molecule has 0 saturated heterocycles. The van der Waals surface area contributed by atoms with Gasteiger partial charge in [0.15, 0.2) is 6.61 Å². The Morgan fingerprint density at radius 2 is 1.79 bits per heavy atom. The van der Waals surface area contributed by atoms with Gasteiger partial charge in [0, 0.05) is 12.1 Å². The third kappa shape index (κ3) is 5.39. The third-order valence-corrected chi connectivity index (χ3v) is 4.52. The van der Waals surface area contributed by atoms with E-state index in [2.05, 4.69) is 5.32 Å². The van der Waals surface area contributed by atoms with Crippen molar-refractivity contribution < 1.29 is 23.5 Å². The molecule has 0 atom stereocenters. The summed E-state index contributed by atoms with van der Waals surface area (Å²) in [5, 5.41) is 3.22. The first kappa shape index (κ1) is 20.5. The summed E-state index contributed by atoms with van der Waals surface area (Å²) in [6, 6.07) is 17.8. The summed E-state index contributed by atoms with van der Waals surface area (Å²) in [6.07, 6.45) is 0.600. The molecule has 3 rings (SSSR count). The second-order valence-electron chi connectivity index (χ2n) is 6.13. The Balaban J connectivity index is 1.47. The highest BCUT2D eigenvalue weighted by Crippen LogP contribution is 2.29. The number of hydrogen-bond donors (Lipinski definition) is 1. The molecular weight excluding hydrogens is 394 g/mol. The molecular formula is C22H20ClNO5. The van der Waals surface area contributed by atoms with Gasteiger partial charge in [0.1, 0.15) is 11.5 Å². The second-order valence-corrected chi connectivity index (χ2v) is 6.54. The number of nitrogens with one attached hydrogen (secondary N) is 1. The Hall–Kier alpha value is -3.25. The van der Waals surface area contributed by atoms with Crippen LogP contribution in [0.1, 0.15) is 16.1 Å². The van der Waals surface area contributed by atoms with Crippen molar-refractivity contribution in [2.75, 3.05) is 20.3 Å². The van der Waals surface area contributed by atoms with Crippen LogP contribution in [0.25, 0.3) is 11.3 Å². The number of amides is 1. The molecule has 0 fully saturated rings. The molecule has 1 heterocycles. The van der Waals surface area contributed by atoms with Crippen LogP contribution in [0.5, 0.6) is 5.75 Å². The fraction of sp³-hybridized carbons (Fsp3) is 0.182. The molecule has 29 heavy (non-hydrogen) atoms. The number of para-hydroxylation sites is 1. The Labute approximate surface area is 173 Å². The minimum absolute atomic E-state index is 0.00161. The van der Waals surface area contributed by atoms with Crippen LogP contribution in [0, 0.1) is 0 Å². The average molecular weight is 414 g/mol. The summed E-state index contributed by atoms with van der Waals surface area (Å²) in [5.41, 5.74) is 1.65. The maximum Gasteiger partial charge on any atom is 0.374 e. The van der Waals surface area contributed by atoms with Gasteiger partial charge in [0.05, 0.1) is 12.1 Å². The van der Waals surface area contributed by atoms with Crippen molar-refractivity contribution in [3.63, 3.8) is 0 Å². The molecule has 1 amide bonds. The van der Waals surface area contributed by atoms with Crippen LogP contribution >= 0.6 is 11.6 Å². The number of methoxy groups -OCH3 is 1. The molecule has 0 aliphatic carbocycles. The van der Waals surface area contributed by atoms with Crippen molar-refractivity contribution in [2.24, 2.45) is 0 Å². The largest absolute Gasteiger partial charge is 0.496 e. The van der Waals surface area contributed by atoms with Crippen LogP contribution in [0.3, 0.4) is 0 Å². The van der Waals surface area contributed by atoms with Gasteiger partial charge in [-0.2, -0.15) is 0 Å². The molecule has 150 valence electrons. The Kier molecular flexibility index (Phi) is 6.92. The molecule has 2 aromatic carbocycles. The predicted octanol–water partition coefficient (Wildman–Crippen LogP) is 4.12. The van der Waals surface area contributed by atoms with Crippen LogP contribution in [0.2, 0.25) is 5.02 Å². The number of hydrogen-bond acceptors (Lipinski definition) is 5. The van der Waals surface area contributed by atoms with Gasteiger partial charge in [0.2, 0.25) is 5.76 Å². The van der Waals surface area contributed by atoms with E-state index < -0.39 is 18.5 Å². The Bertz CT molecular complexity index is 998. The highest BCUT2D eigenvalue weighted by molar-refractivity contribution is 6.33. The lowest BCUT2D eigenvalue weighted by Crippen LogP contribution is -2.30. The number of halogens is 1. The minimum Gasteiger partial charge on any atom is -0.496 e. The standard InChI is InChI=1S/C22H20ClNO5/c1-27-18-9-5-2-6-15(18)12-13-24-21(25)14-28-22(26)20-11-10-19(29-20)16-7-3-4-8-17(16)23/h2-11H,12-14H2,1H3,(H,24,25). The molecule has 7 heteroatoms. The zero-order valence-corrected chi connectivity index (χ0v) is 16.6. The van der Waals surface area contributed by atoms with Crippen molar-refractivity contribution in [2.45, 2.75) is 6.42 Å². The molecule has 0 radical (unpaired) electrons. The van der Waals surface area contributed by atoms with E-state index in [4.69, 9.17) is 25.5 Å². The fourth-order valence-electron chi connectivity index (χ4n) is 2.75. The normalized spacial score (nSPS) is 10.4. The summed E-state index contributed by atoms with van der Waals surface area (Å²) in [4.78, 5) is 24.0. The first-order valence-corrected chi connectivity index (χ1v) is 9.36. The zero-order chi connectivity index (χ0) is 20.6. The van der Waals surface area contributed by atoms with Crippen molar-refractivity contribution in [1.29, 1.82) is 0 Å². The number of esters is 1. The van der Waals surface area contributed by atoms with Gasteiger partial charge >= 0.3 is 5.97 Å². The van der Waals surface area contributed by atoms with Gasteiger partial charge in [-0.3, -0.25) is 4.79 Å². The lowest BCUT2D eigenvalue weighted by atomic mass is 10.1. The fourth-order valence-corrected chi connectivity index (χ4v) is 2.98. The van der Waals surface area contributed by atoms with Crippen molar-refractivity contribution >= 4 is 23.5 Å². The maximum atomic E-state index is 12.1. The van der Waals surface area contributed by atoms with E-state index in [0.717, 1.165) is 11.3 Å². The lowest BCUT2D eigenvalue weighted by molar-refractivity contribution is -0.124. The summed E-state index contributed by atoms with van der Waals surface area (Å²) in [7, 11) is 1.60. The number of ether oxygens (including phenoxy) is 2.